The molecule has 0 unspecified atom stereocenters. The van der Waals surface area contributed by atoms with E-state index in [9.17, 15) is 9.18 Å². The van der Waals surface area contributed by atoms with Gasteiger partial charge in [-0.25, -0.2) is 4.39 Å². The molecular formula is C13H15FN2O. The molecule has 2 fully saturated rings. The van der Waals surface area contributed by atoms with Gasteiger partial charge in [0, 0.05) is 26.2 Å². The normalized spacial score (nSPS) is 27.2. The minimum Gasteiger partial charge on any atom is -0.338 e. The van der Waals surface area contributed by atoms with E-state index in [1.54, 1.807) is 23.1 Å². The van der Waals surface area contributed by atoms with Gasteiger partial charge < -0.3 is 10.2 Å². The van der Waals surface area contributed by atoms with Crippen LogP contribution in [0.25, 0.3) is 0 Å². The number of carbonyl (C=O) groups excluding carboxylic acids is 1. The number of nitrogens with one attached hydrogen (secondary N) is 1. The molecule has 2 saturated heterocycles. The molecule has 0 saturated carbocycles. The molecule has 0 aliphatic carbocycles. The SMILES string of the molecule is O=C(c1ccccc1F)N1C[C@H]2CNC[C@@H]2C1. The van der Waals surface area contributed by atoms with Gasteiger partial charge in [-0.15, -0.1) is 0 Å². The van der Waals surface area contributed by atoms with Crippen LogP contribution in [-0.2, 0) is 0 Å². The third kappa shape index (κ3) is 1.82. The van der Waals surface area contributed by atoms with E-state index in [0.29, 0.717) is 11.8 Å². The van der Waals surface area contributed by atoms with Crippen LogP contribution in [0.3, 0.4) is 0 Å². The third-order valence-corrected chi connectivity index (χ3v) is 3.78. The van der Waals surface area contributed by atoms with Gasteiger partial charge in [-0.1, -0.05) is 12.1 Å². The quantitative estimate of drug-likeness (QED) is 0.789. The molecule has 2 atom stereocenters. The molecule has 3 rings (SSSR count). The monoisotopic (exact) mass is 234 g/mol. The van der Waals surface area contributed by atoms with Crippen molar-refractivity contribution in [1.29, 1.82) is 0 Å². The molecule has 1 N–H and O–H groups in total. The van der Waals surface area contributed by atoms with Crippen molar-refractivity contribution >= 4 is 5.91 Å². The number of hydrogen-bond acceptors (Lipinski definition) is 2. The number of hydrogen-bond donors (Lipinski definition) is 1. The highest BCUT2D eigenvalue weighted by molar-refractivity contribution is 5.94. The number of halogens is 1. The number of rotatable bonds is 1. The standard InChI is InChI=1S/C13H15FN2O/c14-12-4-2-1-3-11(12)13(17)16-7-9-5-15-6-10(9)8-16/h1-4,9-10,15H,5-8H2/t9-,10-/m1/s1. The van der Waals surface area contributed by atoms with Gasteiger partial charge in [0.2, 0.25) is 0 Å². The Morgan fingerprint density at radius 2 is 1.88 bits per heavy atom. The lowest BCUT2D eigenvalue weighted by atomic mass is 10.0. The zero-order valence-corrected chi connectivity index (χ0v) is 9.53. The van der Waals surface area contributed by atoms with Crippen molar-refractivity contribution in [2.45, 2.75) is 0 Å². The maximum Gasteiger partial charge on any atom is 0.256 e. The predicted molar refractivity (Wildman–Crippen MR) is 62.2 cm³/mol. The first-order chi connectivity index (χ1) is 8.25. The van der Waals surface area contributed by atoms with Crippen molar-refractivity contribution in [1.82, 2.24) is 10.2 Å². The highest BCUT2D eigenvalue weighted by Crippen LogP contribution is 2.27. The first-order valence-electron chi connectivity index (χ1n) is 6.00. The number of likely N-dealkylation sites (tertiary alicyclic amines) is 1. The summed E-state index contributed by atoms with van der Waals surface area (Å²) in [6, 6.07) is 6.21. The Morgan fingerprint density at radius 1 is 1.24 bits per heavy atom. The first-order valence-corrected chi connectivity index (χ1v) is 6.00. The maximum absolute atomic E-state index is 13.5. The average molecular weight is 234 g/mol. The van der Waals surface area contributed by atoms with Gasteiger partial charge in [-0.05, 0) is 24.0 Å². The van der Waals surface area contributed by atoms with Crippen LogP contribution >= 0.6 is 0 Å². The van der Waals surface area contributed by atoms with Crippen LogP contribution < -0.4 is 5.32 Å². The van der Waals surface area contributed by atoms with Gasteiger partial charge in [0.15, 0.2) is 0 Å². The van der Waals surface area contributed by atoms with Gasteiger partial charge in [-0.3, -0.25) is 4.79 Å². The maximum atomic E-state index is 13.5. The molecule has 1 aromatic carbocycles. The fraction of sp³-hybridized carbons (Fsp3) is 0.462. The zero-order chi connectivity index (χ0) is 11.8. The average Bonchev–Trinajstić information content (AvgIpc) is 2.88. The van der Waals surface area contributed by atoms with Crippen LogP contribution in [0.1, 0.15) is 10.4 Å². The number of nitrogens with zero attached hydrogens (tertiary/aromatic N) is 1. The Kier molecular flexibility index (Phi) is 2.59. The van der Waals surface area contributed by atoms with Crippen molar-refractivity contribution in [3.8, 4) is 0 Å². The van der Waals surface area contributed by atoms with Crippen molar-refractivity contribution in [3.05, 3.63) is 35.6 Å². The lowest BCUT2D eigenvalue weighted by molar-refractivity contribution is 0.0777. The topological polar surface area (TPSA) is 32.3 Å². The van der Waals surface area contributed by atoms with E-state index < -0.39 is 5.82 Å². The molecule has 0 bridgehead atoms. The molecule has 0 spiro atoms. The molecule has 17 heavy (non-hydrogen) atoms. The van der Waals surface area contributed by atoms with Crippen LogP contribution in [0.2, 0.25) is 0 Å². The molecule has 4 heteroatoms. The second-order valence-corrected chi connectivity index (χ2v) is 4.87. The van der Waals surface area contributed by atoms with Crippen molar-refractivity contribution in [3.63, 3.8) is 0 Å². The molecule has 2 heterocycles. The Morgan fingerprint density at radius 3 is 2.53 bits per heavy atom. The Bertz CT molecular complexity index is 437. The summed E-state index contributed by atoms with van der Waals surface area (Å²) in [6.45, 7) is 3.47. The third-order valence-electron chi connectivity index (χ3n) is 3.78. The summed E-state index contributed by atoms with van der Waals surface area (Å²) in [4.78, 5) is 14.0. The molecule has 2 aliphatic heterocycles. The molecule has 0 aromatic heterocycles. The fourth-order valence-corrected chi connectivity index (χ4v) is 2.83. The molecule has 90 valence electrons. The molecule has 2 aliphatic rings. The number of benzene rings is 1. The van der Waals surface area contributed by atoms with Crippen LogP contribution in [0.4, 0.5) is 4.39 Å². The molecular weight excluding hydrogens is 219 g/mol. The van der Waals surface area contributed by atoms with Crippen LogP contribution in [0, 0.1) is 17.7 Å². The smallest absolute Gasteiger partial charge is 0.256 e. The van der Waals surface area contributed by atoms with Gasteiger partial charge in [-0.2, -0.15) is 0 Å². The predicted octanol–water partition coefficient (Wildman–Crippen LogP) is 1.12. The number of carbonyl (C=O) groups is 1. The van der Waals surface area contributed by atoms with E-state index in [1.807, 2.05) is 0 Å². The molecule has 1 aromatic rings. The summed E-state index contributed by atoms with van der Waals surface area (Å²) in [5, 5.41) is 3.32. The summed E-state index contributed by atoms with van der Waals surface area (Å²) in [7, 11) is 0. The molecule has 0 radical (unpaired) electrons. The van der Waals surface area contributed by atoms with Crippen molar-refractivity contribution in [2.75, 3.05) is 26.2 Å². The lowest BCUT2D eigenvalue weighted by Crippen LogP contribution is -2.32. The van der Waals surface area contributed by atoms with Crippen LogP contribution in [0.15, 0.2) is 24.3 Å². The highest BCUT2D eigenvalue weighted by Gasteiger charge is 2.38. The van der Waals surface area contributed by atoms with Gasteiger partial charge in [0.25, 0.3) is 5.91 Å². The zero-order valence-electron chi connectivity index (χ0n) is 9.53. The molecule has 1 amide bonds. The van der Waals surface area contributed by atoms with Crippen molar-refractivity contribution in [2.24, 2.45) is 11.8 Å². The van der Waals surface area contributed by atoms with E-state index in [2.05, 4.69) is 5.32 Å². The Balaban J connectivity index is 1.78. The second-order valence-electron chi connectivity index (χ2n) is 4.87. The van der Waals surface area contributed by atoms with Gasteiger partial charge in [0.05, 0.1) is 5.56 Å². The summed E-state index contributed by atoms with van der Waals surface area (Å²) in [6.07, 6.45) is 0. The van der Waals surface area contributed by atoms with E-state index in [1.165, 1.54) is 6.07 Å². The van der Waals surface area contributed by atoms with Crippen molar-refractivity contribution < 1.29 is 9.18 Å². The van der Waals surface area contributed by atoms with E-state index in [4.69, 9.17) is 0 Å². The van der Waals surface area contributed by atoms with Gasteiger partial charge >= 0.3 is 0 Å². The van der Waals surface area contributed by atoms with Crippen LogP contribution in [0.5, 0.6) is 0 Å². The van der Waals surface area contributed by atoms with Crippen LogP contribution in [-0.4, -0.2) is 37.0 Å². The van der Waals surface area contributed by atoms with E-state index in [-0.39, 0.29) is 11.5 Å². The summed E-state index contributed by atoms with van der Waals surface area (Å²) >= 11 is 0. The minimum atomic E-state index is -0.423. The Hall–Kier alpha value is -1.42. The summed E-state index contributed by atoms with van der Waals surface area (Å²) in [5.41, 5.74) is 0.195. The summed E-state index contributed by atoms with van der Waals surface area (Å²) in [5.74, 6) is 0.502. The minimum absolute atomic E-state index is 0.169. The lowest BCUT2D eigenvalue weighted by Gasteiger charge is -2.17. The largest absolute Gasteiger partial charge is 0.338 e. The summed E-state index contributed by atoms with van der Waals surface area (Å²) < 4.78 is 13.5. The number of amides is 1. The second kappa shape index (κ2) is 4.11. The van der Waals surface area contributed by atoms with E-state index in [0.717, 1.165) is 26.2 Å². The number of fused-ring (bicyclic) bond motifs is 1. The Labute approximate surface area is 99.6 Å². The first kappa shape index (κ1) is 10.7. The van der Waals surface area contributed by atoms with Gasteiger partial charge in [0.1, 0.15) is 5.82 Å². The fourth-order valence-electron chi connectivity index (χ4n) is 2.83. The highest BCUT2D eigenvalue weighted by atomic mass is 19.1. The molecule has 3 nitrogen and oxygen atoms in total. The van der Waals surface area contributed by atoms with E-state index >= 15 is 0 Å².